The summed E-state index contributed by atoms with van der Waals surface area (Å²) in [4.78, 5) is 18.7. The predicted molar refractivity (Wildman–Crippen MR) is 88.1 cm³/mol. The van der Waals surface area contributed by atoms with Gasteiger partial charge in [-0.25, -0.2) is 4.98 Å². The van der Waals surface area contributed by atoms with E-state index in [0.29, 0.717) is 12.2 Å². The molecule has 0 spiro atoms. The van der Waals surface area contributed by atoms with Crippen LogP contribution in [-0.4, -0.2) is 21.3 Å². The lowest BCUT2D eigenvalue weighted by Gasteiger charge is -2.16. The SMILES string of the molecule is CN(Cc1ccc(Cl)cc1)Cc1cc(=O)n2ccccc2n1. The first kappa shape index (κ1) is 14.8. The second-order valence-corrected chi connectivity index (χ2v) is 5.75. The van der Waals surface area contributed by atoms with Crippen LogP contribution >= 0.6 is 11.6 Å². The summed E-state index contributed by atoms with van der Waals surface area (Å²) in [6.07, 6.45) is 1.73. The standard InChI is InChI=1S/C17H16ClN3O/c1-20(11-13-5-7-14(18)8-6-13)12-15-10-17(22)21-9-3-2-4-16(21)19-15/h2-10H,11-12H2,1H3. The predicted octanol–water partition coefficient (Wildman–Crippen LogP) is 2.98. The average molecular weight is 314 g/mol. The third kappa shape index (κ3) is 3.35. The molecular formula is C17H16ClN3O. The second kappa shape index (κ2) is 6.30. The van der Waals surface area contributed by atoms with Crippen LogP contribution in [0, 0.1) is 0 Å². The molecule has 0 radical (unpaired) electrons. The van der Waals surface area contributed by atoms with Gasteiger partial charge < -0.3 is 0 Å². The van der Waals surface area contributed by atoms with Crippen molar-refractivity contribution in [3.8, 4) is 0 Å². The smallest absolute Gasteiger partial charge is 0.258 e. The molecule has 0 atom stereocenters. The molecule has 5 heteroatoms. The topological polar surface area (TPSA) is 37.6 Å². The monoisotopic (exact) mass is 313 g/mol. The molecule has 0 saturated heterocycles. The lowest BCUT2D eigenvalue weighted by molar-refractivity contribution is 0.315. The van der Waals surface area contributed by atoms with Crippen molar-refractivity contribution < 1.29 is 0 Å². The van der Waals surface area contributed by atoms with E-state index >= 15 is 0 Å². The highest BCUT2D eigenvalue weighted by molar-refractivity contribution is 6.30. The van der Waals surface area contributed by atoms with Gasteiger partial charge in [-0.05, 0) is 36.9 Å². The molecule has 2 aromatic heterocycles. The van der Waals surface area contributed by atoms with Crippen molar-refractivity contribution >= 4 is 17.2 Å². The van der Waals surface area contributed by atoms with Gasteiger partial charge in [-0.3, -0.25) is 14.1 Å². The van der Waals surface area contributed by atoms with Crippen LogP contribution in [-0.2, 0) is 13.1 Å². The fourth-order valence-corrected chi connectivity index (χ4v) is 2.54. The number of rotatable bonds is 4. The zero-order valence-corrected chi connectivity index (χ0v) is 13.0. The van der Waals surface area contributed by atoms with Crippen molar-refractivity contribution in [3.05, 3.63) is 81.4 Å². The number of pyridine rings is 1. The highest BCUT2D eigenvalue weighted by Crippen LogP contribution is 2.12. The molecule has 3 rings (SSSR count). The Morgan fingerprint density at radius 2 is 1.91 bits per heavy atom. The first-order valence-electron chi connectivity index (χ1n) is 7.02. The molecule has 0 aliphatic rings. The molecule has 0 saturated carbocycles. The molecule has 0 unspecified atom stereocenters. The van der Waals surface area contributed by atoms with E-state index < -0.39 is 0 Å². The summed E-state index contributed by atoms with van der Waals surface area (Å²) in [5.74, 6) is 0. The number of benzene rings is 1. The quantitative estimate of drug-likeness (QED) is 0.743. The minimum absolute atomic E-state index is 0.0551. The lowest BCUT2D eigenvalue weighted by atomic mass is 10.2. The molecule has 0 bridgehead atoms. The van der Waals surface area contributed by atoms with Gasteiger partial charge in [-0.1, -0.05) is 29.8 Å². The summed E-state index contributed by atoms with van der Waals surface area (Å²) in [5.41, 5.74) is 2.56. The molecule has 0 fully saturated rings. The van der Waals surface area contributed by atoms with Crippen molar-refractivity contribution in [2.75, 3.05) is 7.05 Å². The van der Waals surface area contributed by atoms with Crippen molar-refractivity contribution in [2.45, 2.75) is 13.1 Å². The summed E-state index contributed by atoms with van der Waals surface area (Å²) in [6, 6.07) is 14.9. The minimum atomic E-state index is -0.0551. The second-order valence-electron chi connectivity index (χ2n) is 5.31. The van der Waals surface area contributed by atoms with E-state index in [4.69, 9.17) is 11.6 Å². The molecule has 4 nitrogen and oxygen atoms in total. The molecule has 0 N–H and O–H groups in total. The Hall–Kier alpha value is -2.17. The van der Waals surface area contributed by atoms with Crippen molar-refractivity contribution in [3.63, 3.8) is 0 Å². The zero-order valence-electron chi connectivity index (χ0n) is 12.2. The minimum Gasteiger partial charge on any atom is -0.296 e. The van der Waals surface area contributed by atoms with Crippen LogP contribution in [0.1, 0.15) is 11.3 Å². The molecular weight excluding hydrogens is 298 g/mol. The number of halogens is 1. The van der Waals surface area contributed by atoms with Gasteiger partial charge in [0.15, 0.2) is 0 Å². The Kier molecular flexibility index (Phi) is 4.22. The number of nitrogens with zero attached hydrogens (tertiary/aromatic N) is 3. The Morgan fingerprint density at radius 3 is 2.68 bits per heavy atom. The number of aromatic nitrogens is 2. The van der Waals surface area contributed by atoms with Crippen LogP contribution < -0.4 is 5.56 Å². The van der Waals surface area contributed by atoms with E-state index in [1.165, 1.54) is 5.56 Å². The number of hydrogen-bond acceptors (Lipinski definition) is 3. The van der Waals surface area contributed by atoms with Crippen molar-refractivity contribution in [1.29, 1.82) is 0 Å². The third-order valence-corrected chi connectivity index (χ3v) is 3.67. The van der Waals surface area contributed by atoms with E-state index in [2.05, 4.69) is 9.88 Å². The first-order valence-corrected chi connectivity index (χ1v) is 7.40. The highest BCUT2D eigenvalue weighted by atomic mass is 35.5. The van der Waals surface area contributed by atoms with Gasteiger partial charge in [-0.2, -0.15) is 0 Å². The van der Waals surface area contributed by atoms with E-state index in [0.717, 1.165) is 17.3 Å². The van der Waals surface area contributed by atoms with Gasteiger partial charge in [-0.15, -0.1) is 0 Å². The third-order valence-electron chi connectivity index (χ3n) is 3.42. The fourth-order valence-electron chi connectivity index (χ4n) is 2.42. The van der Waals surface area contributed by atoms with E-state index in [9.17, 15) is 4.79 Å². The largest absolute Gasteiger partial charge is 0.296 e. The maximum atomic E-state index is 12.1. The van der Waals surface area contributed by atoms with E-state index in [1.807, 2.05) is 49.5 Å². The molecule has 3 aromatic rings. The number of hydrogen-bond donors (Lipinski definition) is 0. The van der Waals surface area contributed by atoms with Crippen LogP contribution in [0.5, 0.6) is 0 Å². The van der Waals surface area contributed by atoms with Gasteiger partial charge in [0.25, 0.3) is 5.56 Å². The molecule has 0 aliphatic heterocycles. The Balaban J connectivity index is 1.77. The summed E-state index contributed by atoms with van der Waals surface area (Å²) in [6.45, 7) is 1.39. The molecule has 0 amide bonds. The van der Waals surface area contributed by atoms with E-state index in [1.54, 1.807) is 16.7 Å². The van der Waals surface area contributed by atoms with Gasteiger partial charge in [0.05, 0.1) is 5.69 Å². The van der Waals surface area contributed by atoms with Crippen LogP contribution in [0.15, 0.2) is 59.5 Å². The Morgan fingerprint density at radius 1 is 1.14 bits per heavy atom. The van der Waals surface area contributed by atoms with Crippen molar-refractivity contribution in [2.24, 2.45) is 0 Å². The van der Waals surface area contributed by atoms with Crippen LogP contribution in [0.25, 0.3) is 5.65 Å². The van der Waals surface area contributed by atoms with Crippen LogP contribution in [0.3, 0.4) is 0 Å². The number of fused-ring (bicyclic) bond motifs is 1. The highest BCUT2D eigenvalue weighted by Gasteiger charge is 2.06. The van der Waals surface area contributed by atoms with Crippen LogP contribution in [0.2, 0.25) is 5.02 Å². The van der Waals surface area contributed by atoms with Gasteiger partial charge in [0.2, 0.25) is 0 Å². The van der Waals surface area contributed by atoms with Gasteiger partial charge >= 0.3 is 0 Å². The first-order chi connectivity index (χ1) is 10.6. The van der Waals surface area contributed by atoms with Gasteiger partial charge in [0, 0.05) is 30.4 Å². The normalized spacial score (nSPS) is 11.2. The molecule has 2 heterocycles. The Labute approximate surface area is 133 Å². The molecule has 22 heavy (non-hydrogen) atoms. The van der Waals surface area contributed by atoms with Crippen LogP contribution in [0.4, 0.5) is 0 Å². The molecule has 112 valence electrons. The van der Waals surface area contributed by atoms with E-state index in [-0.39, 0.29) is 5.56 Å². The zero-order chi connectivity index (χ0) is 15.5. The average Bonchev–Trinajstić information content (AvgIpc) is 2.49. The summed E-state index contributed by atoms with van der Waals surface area (Å²) in [7, 11) is 2.00. The fraction of sp³-hybridized carbons (Fsp3) is 0.176. The lowest BCUT2D eigenvalue weighted by Crippen LogP contribution is -2.21. The molecule has 0 aliphatic carbocycles. The Bertz CT molecular complexity index is 842. The maximum Gasteiger partial charge on any atom is 0.258 e. The molecule has 1 aromatic carbocycles. The summed E-state index contributed by atoms with van der Waals surface area (Å²) in [5, 5.41) is 0.732. The summed E-state index contributed by atoms with van der Waals surface area (Å²) >= 11 is 5.89. The maximum absolute atomic E-state index is 12.1. The van der Waals surface area contributed by atoms with Gasteiger partial charge in [0.1, 0.15) is 5.65 Å². The summed E-state index contributed by atoms with van der Waals surface area (Å²) < 4.78 is 1.54. The van der Waals surface area contributed by atoms with Crippen molar-refractivity contribution in [1.82, 2.24) is 14.3 Å².